The molecule has 0 spiro atoms. The van der Waals surface area contributed by atoms with Crippen LogP contribution in [0, 0.1) is 19.7 Å². The fraction of sp³-hybridized carbons (Fsp3) is 0.321. The number of aryl methyl sites for hydroxylation is 4. The minimum atomic E-state index is -0.560. The third kappa shape index (κ3) is 5.44. The normalized spacial score (nSPS) is 12.2. The lowest BCUT2D eigenvalue weighted by molar-refractivity contribution is -0.115. The molecule has 0 aliphatic carbocycles. The van der Waals surface area contributed by atoms with Crippen molar-refractivity contribution in [2.24, 2.45) is 0 Å². The van der Waals surface area contributed by atoms with Gasteiger partial charge in [0.15, 0.2) is 28.1 Å². The van der Waals surface area contributed by atoms with Gasteiger partial charge in [-0.2, -0.15) is 9.61 Å². The van der Waals surface area contributed by atoms with Gasteiger partial charge in [0.1, 0.15) is 5.82 Å². The number of nitrogens with one attached hydrogen (secondary N) is 1. The Labute approximate surface area is 234 Å². The molecule has 2 aromatic carbocycles. The summed E-state index contributed by atoms with van der Waals surface area (Å²) < 4.78 is 28.8. The monoisotopic (exact) mass is 563 g/mol. The SMILES string of the molecule is CC[C@@H](Sc1nc2cc(OC)c(OC)cc2c2nc(CCn3nc(C)cc3C)nn12)C(=O)Nc1ccccc1F. The number of para-hydroxylation sites is 1. The highest BCUT2D eigenvalue weighted by Gasteiger charge is 2.24. The first-order chi connectivity index (χ1) is 19.3. The van der Waals surface area contributed by atoms with Crippen LogP contribution in [-0.4, -0.2) is 54.7 Å². The van der Waals surface area contributed by atoms with Crippen LogP contribution in [0.1, 0.15) is 30.6 Å². The molecule has 12 heteroatoms. The molecule has 0 fully saturated rings. The summed E-state index contributed by atoms with van der Waals surface area (Å²) >= 11 is 1.25. The average Bonchev–Trinajstić information content (AvgIpc) is 3.52. The van der Waals surface area contributed by atoms with Crippen molar-refractivity contribution >= 4 is 39.9 Å². The van der Waals surface area contributed by atoms with Crippen LogP contribution in [0.5, 0.6) is 11.5 Å². The quantitative estimate of drug-likeness (QED) is 0.187. The Hall–Kier alpha value is -4.19. The number of anilines is 1. The van der Waals surface area contributed by atoms with Crippen molar-refractivity contribution in [1.82, 2.24) is 29.4 Å². The summed E-state index contributed by atoms with van der Waals surface area (Å²) in [7, 11) is 3.13. The molecule has 0 radical (unpaired) electrons. The van der Waals surface area contributed by atoms with Crippen molar-refractivity contribution in [3.8, 4) is 11.5 Å². The first kappa shape index (κ1) is 27.4. The van der Waals surface area contributed by atoms with Crippen molar-refractivity contribution in [1.29, 1.82) is 0 Å². The van der Waals surface area contributed by atoms with Gasteiger partial charge >= 0.3 is 0 Å². The van der Waals surface area contributed by atoms with Crippen LogP contribution >= 0.6 is 11.8 Å². The van der Waals surface area contributed by atoms with Gasteiger partial charge in [-0.05, 0) is 44.5 Å². The van der Waals surface area contributed by atoms with Gasteiger partial charge in [-0.1, -0.05) is 30.8 Å². The van der Waals surface area contributed by atoms with E-state index in [0.29, 0.717) is 53.0 Å². The lowest BCUT2D eigenvalue weighted by atomic mass is 10.2. The zero-order valence-corrected chi connectivity index (χ0v) is 23.8. The second kappa shape index (κ2) is 11.5. The van der Waals surface area contributed by atoms with E-state index in [1.807, 2.05) is 37.6 Å². The Morgan fingerprint density at radius 3 is 2.50 bits per heavy atom. The molecule has 0 saturated carbocycles. The summed E-state index contributed by atoms with van der Waals surface area (Å²) in [5.74, 6) is 0.858. The number of rotatable bonds is 10. The average molecular weight is 564 g/mol. The highest BCUT2D eigenvalue weighted by atomic mass is 32.2. The molecule has 5 rings (SSSR count). The third-order valence-corrected chi connectivity index (χ3v) is 7.79. The molecule has 40 heavy (non-hydrogen) atoms. The summed E-state index contributed by atoms with van der Waals surface area (Å²) in [6.07, 6.45) is 1.03. The molecular formula is C28H30FN7O3S. The lowest BCUT2D eigenvalue weighted by Crippen LogP contribution is -2.25. The smallest absolute Gasteiger partial charge is 0.238 e. The number of carbonyl (C=O) groups excluding carboxylic acids is 1. The number of thioether (sulfide) groups is 1. The van der Waals surface area contributed by atoms with Crippen molar-refractivity contribution in [2.75, 3.05) is 19.5 Å². The molecule has 1 N–H and O–H groups in total. The minimum absolute atomic E-state index is 0.132. The molecule has 0 unspecified atom stereocenters. The minimum Gasteiger partial charge on any atom is -0.493 e. The van der Waals surface area contributed by atoms with Gasteiger partial charge < -0.3 is 14.8 Å². The molecule has 208 valence electrons. The number of carbonyl (C=O) groups is 1. The fourth-order valence-corrected chi connectivity index (χ4v) is 5.43. The Kier molecular flexibility index (Phi) is 7.88. The zero-order chi connectivity index (χ0) is 28.4. The second-order valence-corrected chi connectivity index (χ2v) is 10.4. The largest absolute Gasteiger partial charge is 0.493 e. The number of benzene rings is 2. The molecule has 1 amide bonds. The highest BCUT2D eigenvalue weighted by Crippen LogP contribution is 2.35. The third-order valence-electron chi connectivity index (χ3n) is 6.48. The molecule has 0 saturated heterocycles. The Bertz CT molecular complexity index is 1700. The maximum atomic E-state index is 14.2. The summed E-state index contributed by atoms with van der Waals surface area (Å²) in [5, 5.41) is 12.7. The number of ether oxygens (including phenoxy) is 2. The van der Waals surface area contributed by atoms with Gasteiger partial charge in [0.25, 0.3) is 0 Å². The van der Waals surface area contributed by atoms with Gasteiger partial charge in [-0.25, -0.2) is 14.4 Å². The van der Waals surface area contributed by atoms with E-state index in [-0.39, 0.29) is 11.6 Å². The number of hydrogen-bond donors (Lipinski definition) is 1. The molecule has 0 aliphatic heterocycles. The fourth-order valence-electron chi connectivity index (χ4n) is 4.47. The number of nitrogens with zero attached hydrogens (tertiary/aromatic N) is 6. The molecule has 3 heterocycles. The van der Waals surface area contributed by atoms with Crippen LogP contribution in [0.25, 0.3) is 16.6 Å². The summed E-state index contributed by atoms with van der Waals surface area (Å²) in [6.45, 7) is 6.48. The molecule has 5 aromatic rings. The van der Waals surface area contributed by atoms with Gasteiger partial charge in [-0.15, -0.1) is 5.10 Å². The number of aromatic nitrogens is 6. The van der Waals surface area contributed by atoms with Crippen LogP contribution < -0.4 is 14.8 Å². The number of methoxy groups -OCH3 is 2. The Morgan fingerprint density at radius 1 is 1.07 bits per heavy atom. The molecule has 0 bridgehead atoms. The van der Waals surface area contributed by atoms with Crippen molar-refractivity contribution < 1.29 is 18.7 Å². The van der Waals surface area contributed by atoms with Crippen LogP contribution in [0.4, 0.5) is 10.1 Å². The maximum Gasteiger partial charge on any atom is 0.238 e. The first-order valence-corrected chi connectivity index (χ1v) is 13.7. The first-order valence-electron chi connectivity index (χ1n) is 12.9. The van der Waals surface area contributed by atoms with Crippen LogP contribution in [0.15, 0.2) is 47.6 Å². The van der Waals surface area contributed by atoms with E-state index in [1.54, 1.807) is 36.9 Å². The predicted molar refractivity (Wildman–Crippen MR) is 152 cm³/mol. The van der Waals surface area contributed by atoms with E-state index >= 15 is 0 Å². The number of amides is 1. The van der Waals surface area contributed by atoms with Crippen molar-refractivity contribution in [3.05, 3.63) is 65.5 Å². The van der Waals surface area contributed by atoms with E-state index in [9.17, 15) is 9.18 Å². The summed E-state index contributed by atoms with van der Waals surface area (Å²) in [5.41, 5.74) is 3.35. The molecule has 3 aromatic heterocycles. The van der Waals surface area contributed by atoms with E-state index in [4.69, 9.17) is 24.5 Å². The maximum absolute atomic E-state index is 14.2. The molecule has 10 nitrogen and oxygen atoms in total. The zero-order valence-electron chi connectivity index (χ0n) is 22.9. The predicted octanol–water partition coefficient (Wildman–Crippen LogP) is 5.00. The van der Waals surface area contributed by atoms with E-state index < -0.39 is 11.1 Å². The van der Waals surface area contributed by atoms with Crippen LogP contribution in [0.3, 0.4) is 0 Å². The summed E-state index contributed by atoms with van der Waals surface area (Å²) in [4.78, 5) is 22.9. The Morgan fingerprint density at radius 2 is 1.82 bits per heavy atom. The second-order valence-electron chi connectivity index (χ2n) is 9.27. The number of hydrogen-bond acceptors (Lipinski definition) is 8. The van der Waals surface area contributed by atoms with Gasteiger partial charge in [-0.3, -0.25) is 9.48 Å². The van der Waals surface area contributed by atoms with Crippen molar-refractivity contribution in [3.63, 3.8) is 0 Å². The van der Waals surface area contributed by atoms with Crippen LogP contribution in [-0.2, 0) is 17.8 Å². The van der Waals surface area contributed by atoms with Gasteiger partial charge in [0, 0.05) is 30.1 Å². The van der Waals surface area contributed by atoms with E-state index in [1.165, 1.54) is 23.9 Å². The molecule has 1 atom stereocenters. The molecular weight excluding hydrogens is 533 g/mol. The highest BCUT2D eigenvalue weighted by molar-refractivity contribution is 8.00. The van der Waals surface area contributed by atoms with Crippen LogP contribution in [0.2, 0.25) is 0 Å². The van der Waals surface area contributed by atoms with Gasteiger partial charge in [0.05, 0.1) is 36.4 Å². The summed E-state index contributed by atoms with van der Waals surface area (Å²) in [6, 6.07) is 11.7. The lowest BCUT2D eigenvalue weighted by Gasteiger charge is -2.16. The van der Waals surface area contributed by atoms with Crippen molar-refractivity contribution in [2.45, 2.75) is 50.6 Å². The molecule has 0 aliphatic rings. The van der Waals surface area contributed by atoms with E-state index in [2.05, 4.69) is 10.4 Å². The van der Waals surface area contributed by atoms with Gasteiger partial charge in [0.2, 0.25) is 5.91 Å². The van der Waals surface area contributed by atoms with E-state index in [0.717, 1.165) is 16.8 Å². The Balaban J connectivity index is 1.54. The topological polar surface area (TPSA) is 108 Å². The number of halogens is 1. The number of fused-ring (bicyclic) bond motifs is 3. The standard InChI is InChI=1S/C28H30FN7O3S/c1-6-24(27(37)30-20-10-8-7-9-19(20)29)40-28-31-21-15-23(39-5)22(38-4)14-18(21)26-32-25(34-36(26)28)11-12-35-17(3)13-16(2)33-35/h7-10,13-15,24H,6,11-12H2,1-5H3,(H,30,37)/t24-/m1/s1.